The molecule has 0 saturated carbocycles. The van der Waals surface area contributed by atoms with Gasteiger partial charge in [-0.3, -0.25) is 0 Å². The molecule has 0 aliphatic rings. The molecular weight excluding hydrogens is 272 g/mol. The topological polar surface area (TPSA) is 83.3 Å². The molecule has 4 rings (SSSR count). The van der Waals surface area contributed by atoms with Crippen molar-refractivity contribution in [3.8, 4) is 11.6 Å². The van der Waals surface area contributed by atoms with Gasteiger partial charge >= 0.3 is 0 Å². The van der Waals surface area contributed by atoms with Crippen molar-refractivity contribution in [1.82, 2.24) is 29.4 Å². The van der Waals surface area contributed by atoms with Gasteiger partial charge in [-0.05, 0) is 12.1 Å². The molecule has 8 nitrogen and oxygen atoms in total. The van der Waals surface area contributed by atoms with Crippen molar-refractivity contribution in [2.75, 3.05) is 13.7 Å². The summed E-state index contributed by atoms with van der Waals surface area (Å²) in [6.07, 6.45) is 4.97. The summed E-state index contributed by atoms with van der Waals surface area (Å²) in [4.78, 5) is 8.90. The Morgan fingerprint density at radius 3 is 3.10 bits per heavy atom. The first-order valence-corrected chi connectivity index (χ1v) is 6.46. The number of furan rings is 1. The number of ether oxygens (including phenoxy) is 1. The number of methoxy groups -OCH3 is 1. The second-order valence-corrected chi connectivity index (χ2v) is 4.52. The van der Waals surface area contributed by atoms with Crippen LogP contribution in [0, 0.1) is 0 Å². The van der Waals surface area contributed by atoms with E-state index in [1.165, 1.54) is 0 Å². The van der Waals surface area contributed by atoms with E-state index in [9.17, 15) is 0 Å². The van der Waals surface area contributed by atoms with Crippen molar-refractivity contribution >= 4 is 16.7 Å². The molecule has 0 fully saturated rings. The Balaban J connectivity index is 1.87. The Labute approximate surface area is 119 Å². The molecule has 4 aromatic rings. The molecule has 0 saturated heterocycles. The normalized spacial score (nSPS) is 11.7. The van der Waals surface area contributed by atoms with Crippen molar-refractivity contribution in [1.29, 1.82) is 0 Å². The highest BCUT2D eigenvalue weighted by Crippen LogP contribution is 2.20. The zero-order valence-corrected chi connectivity index (χ0v) is 11.3. The molecule has 0 radical (unpaired) electrons. The molecule has 8 heteroatoms. The van der Waals surface area contributed by atoms with Gasteiger partial charge < -0.3 is 9.15 Å². The van der Waals surface area contributed by atoms with Crippen LogP contribution in [0.25, 0.3) is 28.3 Å². The van der Waals surface area contributed by atoms with E-state index in [1.54, 1.807) is 41.2 Å². The average Bonchev–Trinajstić information content (AvgIpc) is 3.21. The molecule has 0 aromatic carbocycles. The smallest absolute Gasteiger partial charge is 0.217 e. The Kier molecular flexibility index (Phi) is 2.68. The van der Waals surface area contributed by atoms with Crippen molar-refractivity contribution < 1.29 is 9.15 Å². The van der Waals surface area contributed by atoms with E-state index in [0.717, 1.165) is 11.0 Å². The van der Waals surface area contributed by atoms with Crippen LogP contribution < -0.4 is 0 Å². The second kappa shape index (κ2) is 4.67. The number of nitrogens with zero attached hydrogens (tertiary/aromatic N) is 6. The SMILES string of the molecule is COCCn1ncc2c1ncn1nc(-c3ccco3)nc21. The van der Waals surface area contributed by atoms with Gasteiger partial charge in [0, 0.05) is 7.11 Å². The fourth-order valence-corrected chi connectivity index (χ4v) is 2.22. The summed E-state index contributed by atoms with van der Waals surface area (Å²) in [5, 5.41) is 9.54. The fourth-order valence-electron chi connectivity index (χ4n) is 2.22. The highest BCUT2D eigenvalue weighted by molar-refractivity contribution is 5.88. The van der Waals surface area contributed by atoms with Crippen molar-refractivity contribution in [3.05, 3.63) is 30.9 Å². The van der Waals surface area contributed by atoms with Crippen LogP contribution in [0.1, 0.15) is 0 Å². The maximum absolute atomic E-state index is 5.32. The first-order valence-electron chi connectivity index (χ1n) is 6.46. The van der Waals surface area contributed by atoms with Crippen LogP contribution in [-0.2, 0) is 11.3 Å². The van der Waals surface area contributed by atoms with Gasteiger partial charge in [0.25, 0.3) is 0 Å². The van der Waals surface area contributed by atoms with E-state index in [-0.39, 0.29) is 0 Å². The van der Waals surface area contributed by atoms with Crippen LogP contribution in [0.3, 0.4) is 0 Å². The van der Waals surface area contributed by atoms with Crippen LogP contribution in [-0.4, -0.2) is 43.1 Å². The number of fused-ring (bicyclic) bond motifs is 3. The van der Waals surface area contributed by atoms with Crippen LogP contribution in [0.2, 0.25) is 0 Å². The minimum atomic E-state index is 0.527. The van der Waals surface area contributed by atoms with Gasteiger partial charge in [-0.25, -0.2) is 19.2 Å². The van der Waals surface area contributed by atoms with Gasteiger partial charge in [-0.15, -0.1) is 5.10 Å². The molecule has 0 amide bonds. The lowest BCUT2D eigenvalue weighted by molar-refractivity contribution is 0.184. The third-order valence-corrected chi connectivity index (χ3v) is 3.22. The maximum Gasteiger partial charge on any atom is 0.217 e. The molecular formula is C13H12N6O2. The van der Waals surface area contributed by atoms with E-state index in [0.29, 0.717) is 30.4 Å². The molecule has 21 heavy (non-hydrogen) atoms. The van der Waals surface area contributed by atoms with Crippen LogP contribution in [0.15, 0.2) is 35.3 Å². The molecule has 0 aliphatic heterocycles. The summed E-state index contributed by atoms with van der Waals surface area (Å²) in [6.45, 7) is 1.22. The molecule has 0 aliphatic carbocycles. The molecule has 0 bridgehead atoms. The Hall–Kier alpha value is -2.74. The largest absolute Gasteiger partial charge is 0.461 e. The van der Waals surface area contributed by atoms with Gasteiger partial charge in [0.2, 0.25) is 5.82 Å². The van der Waals surface area contributed by atoms with Crippen molar-refractivity contribution in [3.63, 3.8) is 0 Å². The molecule has 0 N–H and O–H groups in total. The van der Waals surface area contributed by atoms with Crippen LogP contribution in [0.4, 0.5) is 0 Å². The summed E-state index contributed by atoms with van der Waals surface area (Å²) < 4.78 is 13.8. The number of aromatic nitrogens is 6. The molecule has 4 heterocycles. The number of rotatable bonds is 4. The Morgan fingerprint density at radius 1 is 1.33 bits per heavy atom. The van der Waals surface area contributed by atoms with Gasteiger partial charge in [0.15, 0.2) is 17.1 Å². The third kappa shape index (κ3) is 1.88. The molecule has 106 valence electrons. The van der Waals surface area contributed by atoms with E-state index in [4.69, 9.17) is 9.15 Å². The summed E-state index contributed by atoms with van der Waals surface area (Å²) in [5.41, 5.74) is 1.47. The number of hydrogen-bond acceptors (Lipinski definition) is 6. The predicted molar refractivity (Wildman–Crippen MR) is 73.7 cm³/mol. The predicted octanol–water partition coefficient (Wildman–Crippen LogP) is 1.38. The molecule has 0 atom stereocenters. The van der Waals surface area contributed by atoms with Gasteiger partial charge in [-0.1, -0.05) is 0 Å². The fraction of sp³-hybridized carbons (Fsp3) is 0.231. The Morgan fingerprint density at radius 2 is 2.29 bits per heavy atom. The van der Waals surface area contributed by atoms with Gasteiger partial charge in [-0.2, -0.15) is 5.10 Å². The minimum absolute atomic E-state index is 0.527. The lowest BCUT2D eigenvalue weighted by atomic mass is 10.4. The van der Waals surface area contributed by atoms with Crippen LogP contribution >= 0.6 is 0 Å². The standard InChI is InChI=1S/C13H12N6O2/c1-20-6-4-18-12-9(7-15-18)13-16-11(10-3-2-5-21-10)17-19(13)8-14-12/h2-3,5,7-8H,4,6H2,1H3. The molecule has 4 aromatic heterocycles. The van der Waals surface area contributed by atoms with Crippen molar-refractivity contribution in [2.45, 2.75) is 6.54 Å². The van der Waals surface area contributed by atoms with E-state index in [1.807, 2.05) is 6.07 Å². The first kappa shape index (κ1) is 12.0. The van der Waals surface area contributed by atoms with E-state index in [2.05, 4.69) is 20.2 Å². The zero-order chi connectivity index (χ0) is 14.2. The third-order valence-electron chi connectivity index (χ3n) is 3.22. The van der Waals surface area contributed by atoms with Crippen molar-refractivity contribution in [2.24, 2.45) is 0 Å². The Bertz CT molecular complexity index is 892. The summed E-state index contributed by atoms with van der Waals surface area (Å²) in [6, 6.07) is 3.62. The molecule has 0 unspecified atom stereocenters. The lowest BCUT2D eigenvalue weighted by Crippen LogP contribution is -2.06. The monoisotopic (exact) mass is 284 g/mol. The van der Waals surface area contributed by atoms with Gasteiger partial charge in [0.05, 0.1) is 31.0 Å². The van der Waals surface area contributed by atoms with Crippen LogP contribution in [0.5, 0.6) is 0 Å². The zero-order valence-electron chi connectivity index (χ0n) is 11.3. The highest BCUT2D eigenvalue weighted by atomic mass is 16.5. The lowest BCUT2D eigenvalue weighted by Gasteiger charge is -2.01. The van der Waals surface area contributed by atoms with E-state index >= 15 is 0 Å². The minimum Gasteiger partial charge on any atom is -0.461 e. The van der Waals surface area contributed by atoms with E-state index < -0.39 is 0 Å². The second-order valence-electron chi connectivity index (χ2n) is 4.52. The first-order chi connectivity index (χ1) is 10.4. The summed E-state index contributed by atoms with van der Waals surface area (Å²) in [5.74, 6) is 1.15. The van der Waals surface area contributed by atoms with Gasteiger partial charge in [0.1, 0.15) is 6.33 Å². The average molecular weight is 284 g/mol. The summed E-state index contributed by atoms with van der Waals surface area (Å²) in [7, 11) is 1.66. The molecule has 0 spiro atoms. The maximum atomic E-state index is 5.32. The highest BCUT2D eigenvalue weighted by Gasteiger charge is 2.14. The number of hydrogen-bond donors (Lipinski definition) is 0. The summed E-state index contributed by atoms with van der Waals surface area (Å²) >= 11 is 0. The quantitative estimate of drug-likeness (QED) is 0.563.